The van der Waals surface area contributed by atoms with Crippen molar-refractivity contribution < 1.29 is 59.9 Å². The van der Waals surface area contributed by atoms with Crippen LogP contribution in [0.5, 0.6) is 0 Å². The van der Waals surface area contributed by atoms with Crippen molar-refractivity contribution in [2.75, 3.05) is 6.26 Å². The summed E-state index contributed by atoms with van der Waals surface area (Å²) in [5.74, 6) is 0. The minimum atomic E-state index is -3.61. The van der Waals surface area contributed by atoms with E-state index in [0.717, 1.165) is 6.26 Å². The van der Waals surface area contributed by atoms with Crippen molar-refractivity contribution in [3.8, 4) is 0 Å². The maximum Gasteiger partial charge on any atom is 1.00 e. The molecule has 0 aliphatic heterocycles. The van der Waals surface area contributed by atoms with E-state index < -0.39 is 10.1 Å². The monoisotopic (exact) mass is 172 g/mol. The smallest absolute Gasteiger partial charge is 1.00 e. The van der Waals surface area contributed by atoms with Crippen LogP contribution in [0.2, 0.25) is 0 Å². The predicted octanol–water partition coefficient (Wildman–Crippen LogP) is -5.10. The summed E-state index contributed by atoms with van der Waals surface area (Å²) >= 11 is 0. The Kier molecular flexibility index (Phi) is 22.0. The fourth-order valence-corrected chi connectivity index (χ4v) is 0. The third kappa shape index (κ3) is 28.2. The second-order valence-electron chi connectivity index (χ2n) is 0.779. The van der Waals surface area contributed by atoms with Gasteiger partial charge in [0.15, 0.2) is 0 Å². The molecule has 9 heavy (non-hydrogen) atoms. The quantitative estimate of drug-likeness (QED) is 0.241. The Hall–Kier alpha value is 0.790. The molecule has 0 fully saturated rings. The number of hydrogen-bond acceptors (Lipinski definition) is 4. The summed E-state index contributed by atoms with van der Waals surface area (Å²) in [4.78, 5) is 0. The van der Waals surface area contributed by atoms with Gasteiger partial charge in [-0.05, 0) is 0 Å². The molecule has 0 atom stereocenters. The molecule has 0 aromatic heterocycles. The zero-order chi connectivity index (χ0) is 5.21. The Bertz CT molecular complexity index is 120. The van der Waals surface area contributed by atoms with Crippen LogP contribution in [-0.2, 0) is 14.5 Å². The zero-order valence-electron chi connectivity index (χ0n) is 6.08. The Morgan fingerprint density at radius 1 is 1.44 bits per heavy atom. The third-order valence-corrected chi connectivity index (χ3v) is 0.406. The molecule has 0 rings (SSSR count). The molecule has 0 aromatic carbocycles. The average Bonchev–Trinajstić information content (AvgIpc) is 1.35. The van der Waals surface area contributed by atoms with Gasteiger partial charge in [0.25, 0.3) is 10.1 Å². The van der Waals surface area contributed by atoms with Gasteiger partial charge in [-0.3, -0.25) is 0 Å². The molecule has 8 heteroatoms. The van der Waals surface area contributed by atoms with Gasteiger partial charge in [-0.25, -0.2) is 5.26 Å². The van der Waals surface area contributed by atoms with Crippen molar-refractivity contribution in [3.63, 3.8) is 0 Å². The Balaban J connectivity index is -0.0000000208. The maximum absolute atomic E-state index is 9.53. The number of rotatable bonds is 1. The van der Waals surface area contributed by atoms with Crippen LogP contribution in [0, 0.1) is 0 Å². The molecule has 0 amide bonds. The minimum absolute atomic E-state index is 0. The summed E-state index contributed by atoms with van der Waals surface area (Å²) in [5.41, 5.74) is 0. The first-order chi connectivity index (χ1) is 2.56. The van der Waals surface area contributed by atoms with E-state index in [1.165, 1.54) is 0 Å². The maximum atomic E-state index is 9.53. The van der Waals surface area contributed by atoms with Gasteiger partial charge in [0, 0.05) is 0 Å². The van der Waals surface area contributed by atoms with Gasteiger partial charge in [0.05, 0.1) is 6.26 Å². The average molecular weight is 172 g/mol. The first kappa shape index (κ1) is 22.6. The van der Waals surface area contributed by atoms with Crippen LogP contribution in [0.3, 0.4) is 0 Å². The molecule has 0 radical (unpaired) electrons. The fourth-order valence-electron chi connectivity index (χ4n) is 0. The molecule has 0 bridgehead atoms. The predicted molar refractivity (Wildman–Crippen MR) is 26.9 cm³/mol. The van der Waals surface area contributed by atoms with Gasteiger partial charge >= 0.3 is 29.6 Å². The van der Waals surface area contributed by atoms with Crippen molar-refractivity contribution in [1.29, 1.82) is 0 Å². The van der Waals surface area contributed by atoms with E-state index in [2.05, 4.69) is 4.33 Å². The van der Waals surface area contributed by atoms with Crippen LogP contribution in [0.4, 0.5) is 0 Å². The third-order valence-electron chi connectivity index (χ3n) is 0.135. The fraction of sp³-hybridized carbons (Fsp3) is 1.00. The molecule has 0 spiro atoms. The van der Waals surface area contributed by atoms with Crippen LogP contribution in [0.25, 0.3) is 0 Å². The van der Waals surface area contributed by atoms with E-state index in [-0.39, 0.29) is 41.9 Å². The van der Waals surface area contributed by atoms with Crippen molar-refractivity contribution >= 4 is 10.1 Å². The van der Waals surface area contributed by atoms with E-state index in [4.69, 9.17) is 5.26 Å². The summed E-state index contributed by atoms with van der Waals surface area (Å²) in [5, 5.41) is 7.31. The topological polar surface area (TPSA) is 127 Å². The van der Waals surface area contributed by atoms with Gasteiger partial charge < -0.3 is 12.4 Å². The van der Waals surface area contributed by atoms with Gasteiger partial charge in [0.2, 0.25) is 0 Å². The molecule has 0 aliphatic rings. The van der Waals surface area contributed by atoms with E-state index in [9.17, 15) is 8.42 Å². The molecule has 0 aromatic rings. The van der Waals surface area contributed by atoms with Crippen molar-refractivity contribution in [3.05, 3.63) is 0 Å². The molecule has 0 saturated carbocycles. The SMILES string of the molecule is CS(=O)(=O)OO.O.O.[H-].[Na+]. The number of hydrogen-bond donors (Lipinski definition) is 1. The second-order valence-corrected chi connectivity index (χ2v) is 2.34. The molecular formula is CH9NaO6S. The summed E-state index contributed by atoms with van der Waals surface area (Å²) in [6, 6.07) is 0. The van der Waals surface area contributed by atoms with Gasteiger partial charge in [-0.1, -0.05) is 0 Å². The summed E-state index contributed by atoms with van der Waals surface area (Å²) in [6.07, 6.45) is 0.743. The first-order valence-corrected chi connectivity index (χ1v) is 2.91. The van der Waals surface area contributed by atoms with Crippen molar-refractivity contribution in [2.45, 2.75) is 0 Å². The van der Waals surface area contributed by atoms with Crippen molar-refractivity contribution in [1.82, 2.24) is 0 Å². The van der Waals surface area contributed by atoms with Crippen LogP contribution in [0.15, 0.2) is 0 Å². The van der Waals surface area contributed by atoms with E-state index in [0.29, 0.717) is 0 Å². The molecule has 5 N–H and O–H groups in total. The van der Waals surface area contributed by atoms with E-state index in [1.807, 2.05) is 0 Å². The van der Waals surface area contributed by atoms with Crippen LogP contribution in [-0.4, -0.2) is 30.9 Å². The summed E-state index contributed by atoms with van der Waals surface area (Å²) < 4.78 is 22.0. The molecule has 0 unspecified atom stereocenters. The molecule has 0 saturated heterocycles. The van der Waals surface area contributed by atoms with Gasteiger partial charge in [-0.15, -0.1) is 4.33 Å². The Labute approximate surface area is 76.3 Å². The normalized spacial score (nSPS) is 7.78. The van der Waals surface area contributed by atoms with Crippen LogP contribution >= 0.6 is 0 Å². The van der Waals surface area contributed by atoms with Gasteiger partial charge in [0.1, 0.15) is 0 Å². The largest absolute Gasteiger partial charge is 1.00 e. The zero-order valence-corrected chi connectivity index (χ0v) is 7.90. The van der Waals surface area contributed by atoms with Crippen molar-refractivity contribution in [2.24, 2.45) is 0 Å². The summed E-state index contributed by atoms with van der Waals surface area (Å²) in [6.45, 7) is 0. The summed E-state index contributed by atoms with van der Waals surface area (Å²) in [7, 11) is -3.61. The minimum Gasteiger partial charge on any atom is -1.00 e. The molecule has 0 heterocycles. The van der Waals surface area contributed by atoms with Crippen LogP contribution in [0.1, 0.15) is 1.43 Å². The van der Waals surface area contributed by atoms with E-state index in [1.54, 1.807) is 0 Å². The van der Waals surface area contributed by atoms with Gasteiger partial charge in [-0.2, -0.15) is 8.42 Å². The molecule has 56 valence electrons. The molecular weight excluding hydrogens is 163 g/mol. The Morgan fingerprint density at radius 3 is 1.56 bits per heavy atom. The van der Waals surface area contributed by atoms with Crippen LogP contribution < -0.4 is 29.6 Å². The molecule has 0 aliphatic carbocycles. The Morgan fingerprint density at radius 2 is 1.56 bits per heavy atom. The first-order valence-electron chi connectivity index (χ1n) is 1.09. The second kappa shape index (κ2) is 8.79. The van der Waals surface area contributed by atoms with E-state index >= 15 is 0 Å². The molecule has 6 nitrogen and oxygen atoms in total. The standard InChI is InChI=1S/CH4O4S.Na.2H2O.H/c1-6(3,4)5-2;;;;/h2H,1H3;;2*1H2;/q;+1;;;-1.